The average Bonchev–Trinajstić information content (AvgIpc) is 2.99. The van der Waals surface area contributed by atoms with E-state index in [1.165, 1.54) is 13.5 Å². The van der Waals surface area contributed by atoms with Gasteiger partial charge < -0.3 is 4.74 Å². The zero-order chi connectivity index (χ0) is 15.9. The number of carbonyl (C=O) groups excluding carboxylic acids is 1. The normalized spacial score (nSPS) is 22.0. The van der Waals surface area contributed by atoms with E-state index in [1.807, 2.05) is 17.8 Å². The van der Waals surface area contributed by atoms with Crippen LogP contribution in [0.4, 0.5) is 0 Å². The molecule has 118 valence electrons. The topological polar surface area (TPSA) is 62.1 Å². The largest absolute Gasteiger partial charge is 0.468 e. The summed E-state index contributed by atoms with van der Waals surface area (Å²) in [6, 6.07) is 9.08. The standard InChI is InChI=1S/C17H22N2O2S/c1-3-22-15-8-7-14(10-15)19-16(17(20)21-2)13-6-4-5-12(9-13)11-18/h4-6,9,14-16,19H,3,7-8,10H2,1-2H3/t14-,15-,16+/m1/s1. The highest BCUT2D eigenvalue weighted by Gasteiger charge is 2.30. The van der Waals surface area contributed by atoms with Crippen LogP contribution in [0.3, 0.4) is 0 Å². The Morgan fingerprint density at radius 2 is 2.36 bits per heavy atom. The Hall–Kier alpha value is -1.51. The minimum atomic E-state index is -0.506. The molecule has 0 heterocycles. The Balaban J connectivity index is 2.10. The second kappa shape index (κ2) is 8.21. The highest BCUT2D eigenvalue weighted by Crippen LogP contribution is 2.31. The molecule has 1 aliphatic rings. The molecule has 1 fully saturated rings. The number of esters is 1. The van der Waals surface area contributed by atoms with Crippen LogP contribution < -0.4 is 5.32 Å². The summed E-state index contributed by atoms with van der Waals surface area (Å²) in [4.78, 5) is 12.1. The number of hydrogen-bond donors (Lipinski definition) is 1. The molecule has 0 aliphatic heterocycles. The van der Waals surface area contributed by atoms with Crippen LogP contribution in [-0.2, 0) is 9.53 Å². The van der Waals surface area contributed by atoms with Crippen LogP contribution in [-0.4, -0.2) is 30.1 Å². The number of thioether (sulfide) groups is 1. The number of nitriles is 1. The fourth-order valence-corrected chi connectivity index (χ4v) is 4.06. The second-order valence-electron chi connectivity index (χ2n) is 5.45. The van der Waals surface area contributed by atoms with Crippen LogP contribution in [0.2, 0.25) is 0 Å². The van der Waals surface area contributed by atoms with Gasteiger partial charge in [-0.1, -0.05) is 19.1 Å². The number of methoxy groups -OCH3 is 1. The average molecular weight is 318 g/mol. The molecule has 0 radical (unpaired) electrons. The van der Waals surface area contributed by atoms with Crippen molar-refractivity contribution in [3.8, 4) is 6.07 Å². The van der Waals surface area contributed by atoms with E-state index in [4.69, 9.17) is 10.00 Å². The lowest BCUT2D eigenvalue weighted by Gasteiger charge is -2.21. The minimum absolute atomic E-state index is 0.304. The molecule has 1 N–H and O–H groups in total. The van der Waals surface area contributed by atoms with Gasteiger partial charge in [0.25, 0.3) is 0 Å². The quantitative estimate of drug-likeness (QED) is 0.817. The third kappa shape index (κ3) is 4.25. The van der Waals surface area contributed by atoms with Gasteiger partial charge in [-0.25, -0.2) is 4.79 Å². The van der Waals surface area contributed by atoms with Crippen LogP contribution >= 0.6 is 11.8 Å². The third-order valence-corrected chi connectivity index (χ3v) is 5.21. The van der Waals surface area contributed by atoms with Crippen molar-refractivity contribution in [1.82, 2.24) is 5.32 Å². The van der Waals surface area contributed by atoms with Gasteiger partial charge in [-0.05, 0) is 42.7 Å². The zero-order valence-corrected chi connectivity index (χ0v) is 13.9. The van der Waals surface area contributed by atoms with Crippen molar-refractivity contribution < 1.29 is 9.53 Å². The predicted molar refractivity (Wildman–Crippen MR) is 88.6 cm³/mol. The van der Waals surface area contributed by atoms with Gasteiger partial charge in [0.05, 0.1) is 18.7 Å². The van der Waals surface area contributed by atoms with E-state index >= 15 is 0 Å². The molecular formula is C17H22N2O2S. The number of ether oxygens (including phenoxy) is 1. The Labute approximate surface area is 136 Å². The van der Waals surface area contributed by atoms with Gasteiger partial charge >= 0.3 is 5.97 Å². The lowest BCUT2D eigenvalue weighted by Crippen LogP contribution is -2.36. The van der Waals surface area contributed by atoms with Crippen molar-refractivity contribution >= 4 is 17.7 Å². The lowest BCUT2D eigenvalue weighted by molar-refractivity contribution is -0.143. The molecule has 22 heavy (non-hydrogen) atoms. The highest BCUT2D eigenvalue weighted by molar-refractivity contribution is 7.99. The van der Waals surface area contributed by atoms with Gasteiger partial charge in [-0.15, -0.1) is 0 Å². The molecule has 1 aliphatic carbocycles. The molecule has 1 aromatic carbocycles. The molecule has 3 atom stereocenters. The van der Waals surface area contributed by atoms with Gasteiger partial charge in [-0.3, -0.25) is 5.32 Å². The molecule has 0 bridgehead atoms. The number of nitrogens with one attached hydrogen (secondary N) is 1. The number of rotatable bonds is 6. The summed E-state index contributed by atoms with van der Waals surface area (Å²) in [7, 11) is 1.40. The monoisotopic (exact) mass is 318 g/mol. The number of hydrogen-bond acceptors (Lipinski definition) is 5. The van der Waals surface area contributed by atoms with Gasteiger partial charge in [0.2, 0.25) is 0 Å². The lowest BCUT2D eigenvalue weighted by atomic mass is 10.0. The van der Waals surface area contributed by atoms with Crippen LogP contribution in [0.1, 0.15) is 43.4 Å². The molecule has 0 spiro atoms. The van der Waals surface area contributed by atoms with Crippen molar-refractivity contribution in [1.29, 1.82) is 5.26 Å². The van der Waals surface area contributed by atoms with E-state index in [9.17, 15) is 4.79 Å². The highest BCUT2D eigenvalue weighted by atomic mass is 32.2. The van der Waals surface area contributed by atoms with Crippen LogP contribution in [0, 0.1) is 11.3 Å². The maximum absolute atomic E-state index is 12.1. The summed E-state index contributed by atoms with van der Waals surface area (Å²) in [6.45, 7) is 2.18. The fraction of sp³-hybridized carbons (Fsp3) is 0.529. The Morgan fingerprint density at radius 3 is 3.05 bits per heavy atom. The Morgan fingerprint density at radius 1 is 1.55 bits per heavy atom. The summed E-state index contributed by atoms with van der Waals surface area (Å²) >= 11 is 1.99. The molecule has 1 saturated carbocycles. The van der Waals surface area contributed by atoms with Crippen LogP contribution in [0.5, 0.6) is 0 Å². The first-order chi connectivity index (χ1) is 10.7. The van der Waals surface area contributed by atoms with E-state index in [0.717, 1.165) is 24.2 Å². The number of nitrogens with zero attached hydrogens (tertiary/aromatic N) is 1. The zero-order valence-electron chi connectivity index (χ0n) is 13.0. The molecule has 2 rings (SSSR count). The molecule has 4 nitrogen and oxygen atoms in total. The summed E-state index contributed by atoms with van der Waals surface area (Å²) in [5, 5.41) is 13.1. The van der Waals surface area contributed by atoms with Crippen molar-refractivity contribution in [2.75, 3.05) is 12.9 Å². The van der Waals surface area contributed by atoms with Crippen molar-refractivity contribution in [2.24, 2.45) is 0 Å². The minimum Gasteiger partial charge on any atom is -0.468 e. The predicted octanol–water partition coefficient (Wildman–Crippen LogP) is 3.04. The van der Waals surface area contributed by atoms with Gasteiger partial charge in [0, 0.05) is 11.3 Å². The summed E-state index contributed by atoms with van der Waals surface area (Å²) in [5.74, 6) is 0.823. The maximum Gasteiger partial charge on any atom is 0.327 e. The van der Waals surface area contributed by atoms with E-state index < -0.39 is 6.04 Å². The van der Waals surface area contributed by atoms with Crippen molar-refractivity contribution in [3.63, 3.8) is 0 Å². The van der Waals surface area contributed by atoms with E-state index in [-0.39, 0.29) is 5.97 Å². The summed E-state index contributed by atoms with van der Waals surface area (Å²) < 4.78 is 4.94. The Kier molecular flexibility index (Phi) is 6.29. The Bertz CT molecular complexity index is 556. The van der Waals surface area contributed by atoms with E-state index in [2.05, 4.69) is 18.3 Å². The molecule has 0 amide bonds. The first-order valence-electron chi connectivity index (χ1n) is 7.63. The smallest absolute Gasteiger partial charge is 0.327 e. The molecule has 0 aromatic heterocycles. The van der Waals surface area contributed by atoms with Crippen LogP contribution in [0.15, 0.2) is 24.3 Å². The van der Waals surface area contributed by atoms with Crippen molar-refractivity contribution in [3.05, 3.63) is 35.4 Å². The van der Waals surface area contributed by atoms with Gasteiger partial charge in [0.15, 0.2) is 0 Å². The molecule has 0 unspecified atom stereocenters. The molecule has 0 saturated heterocycles. The number of benzene rings is 1. The number of carbonyl (C=O) groups is 1. The molecule has 5 heteroatoms. The SMILES string of the molecule is CCS[C@@H]1CC[C@@H](N[C@H](C(=O)OC)c2cccc(C#N)c2)C1. The third-order valence-electron chi connectivity index (χ3n) is 3.98. The fourth-order valence-electron chi connectivity index (χ4n) is 2.92. The molecule has 1 aromatic rings. The molecular weight excluding hydrogens is 296 g/mol. The summed E-state index contributed by atoms with van der Waals surface area (Å²) in [6.07, 6.45) is 3.33. The first-order valence-corrected chi connectivity index (χ1v) is 8.68. The van der Waals surface area contributed by atoms with Gasteiger partial charge in [-0.2, -0.15) is 17.0 Å². The van der Waals surface area contributed by atoms with E-state index in [0.29, 0.717) is 16.9 Å². The first kappa shape index (κ1) is 16.9. The second-order valence-corrected chi connectivity index (χ2v) is 7.02. The maximum atomic E-state index is 12.1. The van der Waals surface area contributed by atoms with Crippen molar-refractivity contribution in [2.45, 2.75) is 43.5 Å². The van der Waals surface area contributed by atoms with Gasteiger partial charge in [0.1, 0.15) is 6.04 Å². The summed E-state index contributed by atoms with van der Waals surface area (Å²) in [5.41, 5.74) is 1.34. The van der Waals surface area contributed by atoms with E-state index in [1.54, 1.807) is 18.2 Å². The van der Waals surface area contributed by atoms with Crippen LogP contribution in [0.25, 0.3) is 0 Å².